The zero-order valence-corrected chi connectivity index (χ0v) is 15.9. The van der Waals surface area contributed by atoms with Crippen molar-refractivity contribution in [3.63, 3.8) is 0 Å². The number of para-hydroxylation sites is 1. The Hall–Kier alpha value is -3.28. The van der Waals surface area contributed by atoms with E-state index in [1.165, 1.54) is 0 Å². The van der Waals surface area contributed by atoms with E-state index in [1.807, 2.05) is 48.9 Å². The van der Waals surface area contributed by atoms with Gasteiger partial charge in [-0.2, -0.15) is 5.10 Å². The molecule has 0 saturated carbocycles. The summed E-state index contributed by atoms with van der Waals surface area (Å²) >= 11 is 0. The third-order valence-corrected chi connectivity index (χ3v) is 4.28. The van der Waals surface area contributed by atoms with E-state index >= 15 is 0 Å². The lowest BCUT2D eigenvalue weighted by Crippen LogP contribution is -2.30. The Bertz CT molecular complexity index is 918. The number of aromatic nitrogens is 2. The Labute approximate surface area is 158 Å². The molecule has 0 aliphatic carbocycles. The van der Waals surface area contributed by atoms with Gasteiger partial charge in [-0.1, -0.05) is 18.2 Å². The number of benzene rings is 2. The van der Waals surface area contributed by atoms with E-state index < -0.39 is 6.10 Å². The minimum Gasteiger partial charge on any atom is -0.497 e. The molecule has 0 fully saturated rings. The van der Waals surface area contributed by atoms with E-state index in [0.29, 0.717) is 11.4 Å². The maximum absolute atomic E-state index is 12.6. The Balaban J connectivity index is 1.72. The molecule has 1 aromatic heterocycles. The summed E-state index contributed by atoms with van der Waals surface area (Å²) in [4.78, 5) is 12.6. The SMILES string of the molecule is COc1ccc(OC(C)C(=O)Nc2c(C)nn(-c3ccccc3)c2C)cc1. The highest BCUT2D eigenvalue weighted by molar-refractivity contribution is 5.95. The third kappa shape index (κ3) is 4.11. The number of carbonyl (C=O) groups is 1. The highest BCUT2D eigenvalue weighted by Gasteiger charge is 2.20. The second-order valence-electron chi connectivity index (χ2n) is 6.22. The molecule has 27 heavy (non-hydrogen) atoms. The van der Waals surface area contributed by atoms with Crippen molar-refractivity contribution < 1.29 is 14.3 Å². The van der Waals surface area contributed by atoms with Crippen LogP contribution in [0, 0.1) is 13.8 Å². The molecule has 140 valence electrons. The topological polar surface area (TPSA) is 65.4 Å². The number of rotatable bonds is 6. The fourth-order valence-corrected chi connectivity index (χ4v) is 2.78. The third-order valence-electron chi connectivity index (χ3n) is 4.28. The number of aryl methyl sites for hydroxylation is 1. The standard InChI is InChI=1S/C21H23N3O3/c1-14-20(15(2)24(23-14)17-8-6-5-7-9-17)22-21(25)16(3)27-19-12-10-18(26-4)11-13-19/h5-13,16H,1-4H3,(H,22,25). The second-order valence-corrected chi connectivity index (χ2v) is 6.22. The molecule has 0 bridgehead atoms. The number of hydrogen-bond acceptors (Lipinski definition) is 4. The van der Waals surface area contributed by atoms with Crippen LogP contribution in [0.2, 0.25) is 0 Å². The van der Waals surface area contributed by atoms with Crippen LogP contribution < -0.4 is 14.8 Å². The average Bonchev–Trinajstić information content (AvgIpc) is 2.97. The fraction of sp³-hybridized carbons (Fsp3) is 0.238. The molecule has 0 aliphatic heterocycles. The molecule has 1 N–H and O–H groups in total. The van der Waals surface area contributed by atoms with E-state index in [4.69, 9.17) is 9.47 Å². The molecule has 2 aromatic carbocycles. The maximum Gasteiger partial charge on any atom is 0.265 e. The summed E-state index contributed by atoms with van der Waals surface area (Å²) < 4.78 is 12.7. The summed E-state index contributed by atoms with van der Waals surface area (Å²) in [7, 11) is 1.60. The van der Waals surface area contributed by atoms with Crippen LogP contribution in [0.5, 0.6) is 11.5 Å². The van der Waals surface area contributed by atoms with Crippen molar-refractivity contribution in [3.05, 3.63) is 66.0 Å². The molecule has 1 heterocycles. The van der Waals surface area contributed by atoms with Crippen LogP contribution in [-0.4, -0.2) is 28.9 Å². The number of nitrogens with one attached hydrogen (secondary N) is 1. The van der Waals surface area contributed by atoms with Crippen LogP contribution in [0.1, 0.15) is 18.3 Å². The van der Waals surface area contributed by atoms with Crippen molar-refractivity contribution in [3.8, 4) is 17.2 Å². The molecular formula is C21H23N3O3. The molecule has 0 saturated heterocycles. The smallest absolute Gasteiger partial charge is 0.265 e. The predicted octanol–water partition coefficient (Wildman–Crippen LogP) is 3.90. The van der Waals surface area contributed by atoms with E-state index in [1.54, 1.807) is 38.3 Å². The molecule has 3 aromatic rings. The number of ether oxygens (including phenoxy) is 2. The lowest BCUT2D eigenvalue weighted by Gasteiger charge is -2.15. The van der Waals surface area contributed by atoms with Crippen LogP contribution in [0.3, 0.4) is 0 Å². The number of carbonyl (C=O) groups excluding carboxylic acids is 1. The Kier molecular flexibility index (Phi) is 5.45. The van der Waals surface area contributed by atoms with Gasteiger partial charge >= 0.3 is 0 Å². The van der Waals surface area contributed by atoms with Gasteiger partial charge in [0.05, 0.1) is 29.9 Å². The van der Waals surface area contributed by atoms with Crippen molar-refractivity contribution >= 4 is 11.6 Å². The Morgan fingerprint density at radius 1 is 1.04 bits per heavy atom. The van der Waals surface area contributed by atoms with Gasteiger partial charge in [-0.3, -0.25) is 4.79 Å². The minimum absolute atomic E-state index is 0.232. The van der Waals surface area contributed by atoms with Crippen molar-refractivity contribution in [2.45, 2.75) is 26.9 Å². The summed E-state index contributed by atoms with van der Waals surface area (Å²) in [6.45, 7) is 5.51. The van der Waals surface area contributed by atoms with Gasteiger partial charge in [0.15, 0.2) is 6.10 Å². The van der Waals surface area contributed by atoms with Crippen molar-refractivity contribution in [1.29, 1.82) is 0 Å². The highest BCUT2D eigenvalue weighted by atomic mass is 16.5. The number of methoxy groups -OCH3 is 1. The largest absolute Gasteiger partial charge is 0.497 e. The maximum atomic E-state index is 12.6. The lowest BCUT2D eigenvalue weighted by atomic mass is 10.2. The molecule has 0 spiro atoms. The molecule has 1 atom stereocenters. The van der Waals surface area contributed by atoms with Crippen molar-refractivity contribution in [2.75, 3.05) is 12.4 Å². The highest BCUT2D eigenvalue weighted by Crippen LogP contribution is 2.24. The van der Waals surface area contributed by atoms with Gasteiger partial charge in [0.2, 0.25) is 0 Å². The molecule has 6 heteroatoms. The summed E-state index contributed by atoms with van der Waals surface area (Å²) in [5.41, 5.74) is 3.26. The first-order valence-electron chi connectivity index (χ1n) is 8.73. The Morgan fingerprint density at radius 3 is 2.30 bits per heavy atom. The van der Waals surface area contributed by atoms with Gasteiger partial charge in [0, 0.05) is 0 Å². The first kappa shape index (κ1) is 18.5. The predicted molar refractivity (Wildman–Crippen MR) is 105 cm³/mol. The van der Waals surface area contributed by atoms with Crippen molar-refractivity contribution in [2.24, 2.45) is 0 Å². The van der Waals surface area contributed by atoms with Crippen LogP contribution >= 0.6 is 0 Å². The van der Waals surface area contributed by atoms with Crippen LogP contribution in [0.25, 0.3) is 5.69 Å². The normalized spacial score (nSPS) is 11.7. The average molecular weight is 365 g/mol. The first-order chi connectivity index (χ1) is 13.0. The van der Waals surface area contributed by atoms with Gasteiger partial charge in [0.1, 0.15) is 11.5 Å². The molecule has 1 amide bonds. The van der Waals surface area contributed by atoms with Crippen LogP contribution in [0.4, 0.5) is 5.69 Å². The number of nitrogens with zero attached hydrogens (tertiary/aromatic N) is 2. The van der Waals surface area contributed by atoms with E-state index in [0.717, 1.165) is 22.8 Å². The monoisotopic (exact) mass is 365 g/mol. The summed E-state index contributed by atoms with van der Waals surface area (Å²) in [6.07, 6.45) is -0.655. The van der Waals surface area contributed by atoms with Gasteiger partial charge in [-0.15, -0.1) is 0 Å². The molecule has 3 rings (SSSR count). The van der Waals surface area contributed by atoms with E-state index in [2.05, 4.69) is 10.4 Å². The summed E-state index contributed by atoms with van der Waals surface area (Å²) in [5.74, 6) is 1.11. The van der Waals surface area contributed by atoms with Gasteiger partial charge < -0.3 is 14.8 Å². The summed E-state index contributed by atoms with van der Waals surface area (Å²) in [5, 5.41) is 7.48. The molecule has 1 unspecified atom stereocenters. The molecule has 0 radical (unpaired) electrons. The fourth-order valence-electron chi connectivity index (χ4n) is 2.78. The van der Waals surface area contributed by atoms with Crippen molar-refractivity contribution in [1.82, 2.24) is 9.78 Å². The number of amides is 1. The number of hydrogen-bond donors (Lipinski definition) is 1. The first-order valence-corrected chi connectivity index (χ1v) is 8.73. The lowest BCUT2D eigenvalue weighted by molar-refractivity contribution is -0.122. The second kappa shape index (κ2) is 7.95. The van der Waals surface area contributed by atoms with Gasteiger partial charge in [0.25, 0.3) is 5.91 Å². The molecule has 0 aliphatic rings. The Morgan fingerprint density at radius 2 is 1.67 bits per heavy atom. The van der Waals surface area contributed by atoms with Gasteiger partial charge in [-0.25, -0.2) is 4.68 Å². The zero-order valence-electron chi connectivity index (χ0n) is 15.9. The van der Waals surface area contributed by atoms with Crippen LogP contribution in [0.15, 0.2) is 54.6 Å². The van der Waals surface area contributed by atoms with E-state index in [9.17, 15) is 4.79 Å². The minimum atomic E-state index is -0.655. The molecule has 6 nitrogen and oxygen atoms in total. The summed E-state index contributed by atoms with van der Waals surface area (Å²) in [6, 6.07) is 16.9. The molecular weight excluding hydrogens is 342 g/mol. The van der Waals surface area contributed by atoms with Gasteiger partial charge in [-0.05, 0) is 57.2 Å². The quantitative estimate of drug-likeness (QED) is 0.719. The van der Waals surface area contributed by atoms with Crippen LogP contribution in [-0.2, 0) is 4.79 Å². The number of anilines is 1. The zero-order chi connectivity index (χ0) is 19.4. The van der Waals surface area contributed by atoms with E-state index in [-0.39, 0.29) is 5.91 Å².